The van der Waals surface area contributed by atoms with E-state index in [0.717, 1.165) is 38.3 Å². The Hall–Kier alpha value is -1.83. The van der Waals surface area contributed by atoms with Crippen LogP contribution >= 0.6 is 11.3 Å². The quantitative estimate of drug-likeness (QED) is 0.844. The Bertz CT molecular complexity index is 679. The Labute approximate surface area is 145 Å². The van der Waals surface area contributed by atoms with Crippen molar-refractivity contribution in [2.24, 2.45) is 0 Å². The number of ether oxygens (including phenoxy) is 1. The van der Waals surface area contributed by atoms with Gasteiger partial charge in [-0.1, -0.05) is 6.07 Å². The molecule has 0 saturated carbocycles. The molecule has 4 rings (SSSR count). The number of thiazole rings is 1. The van der Waals surface area contributed by atoms with Gasteiger partial charge in [0.2, 0.25) is 0 Å². The third-order valence-electron chi connectivity index (χ3n) is 4.71. The summed E-state index contributed by atoms with van der Waals surface area (Å²) in [4.78, 5) is 25.3. The van der Waals surface area contributed by atoms with Crippen molar-refractivity contribution in [1.82, 2.24) is 19.8 Å². The highest BCUT2D eigenvalue weighted by Crippen LogP contribution is 2.25. The van der Waals surface area contributed by atoms with Gasteiger partial charge in [0, 0.05) is 43.8 Å². The molecular weight excluding hydrogens is 324 g/mol. The van der Waals surface area contributed by atoms with Crippen LogP contribution in [0, 0.1) is 0 Å². The molecular formula is C17H20N4O2S. The summed E-state index contributed by atoms with van der Waals surface area (Å²) < 4.78 is 6.03. The van der Waals surface area contributed by atoms with Crippen molar-refractivity contribution >= 4 is 17.2 Å². The highest BCUT2D eigenvalue weighted by atomic mass is 32.1. The van der Waals surface area contributed by atoms with Crippen LogP contribution in [0.25, 0.3) is 0 Å². The molecule has 2 aliphatic heterocycles. The Kier molecular flexibility index (Phi) is 4.55. The molecule has 24 heavy (non-hydrogen) atoms. The van der Waals surface area contributed by atoms with E-state index in [4.69, 9.17) is 4.74 Å². The molecule has 0 spiro atoms. The van der Waals surface area contributed by atoms with Crippen LogP contribution in [0.2, 0.25) is 0 Å². The predicted molar refractivity (Wildman–Crippen MR) is 90.8 cm³/mol. The Morgan fingerprint density at radius 2 is 2.25 bits per heavy atom. The van der Waals surface area contributed by atoms with Crippen molar-refractivity contribution in [3.8, 4) is 0 Å². The molecule has 0 unspecified atom stereocenters. The molecule has 0 aromatic carbocycles. The maximum Gasteiger partial charge on any atom is 0.273 e. The second-order valence-electron chi connectivity index (χ2n) is 6.26. The van der Waals surface area contributed by atoms with E-state index in [1.54, 1.807) is 11.7 Å². The molecule has 2 saturated heterocycles. The van der Waals surface area contributed by atoms with E-state index >= 15 is 0 Å². The van der Waals surface area contributed by atoms with Crippen molar-refractivity contribution < 1.29 is 9.53 Å². The first-order valence-electron chi connectivity index (χ1n) is 8.22. The van der Waals surface area contributed by atoms with E-state index in [0.29, 0.717) is 18.3 Å². The van der Waals surface area contributed by atoms with Crippen LogP contribution in [0.4, 0.5) is 0 Å². The number of piperazine rings is 1. The number of fused-ring (bicyclic) bond motifs is 1. The van der Waals surface area contributed by atoms with Gasteiger partial charge in [0.1, 0.15) is 5.69 Å². The van der Waals surface area contributed by atoms with Gasteiger partial charge in [0.25, 0.3) is 5.91 Å². The van der Waals surface area contributed by atoms with Crippen molar-refractivity contribution in [1.29, 1.82) is 0 Å². The average molecular weight is 344 g/mol. The molecule has 4 heterocycles. The SMILES string of the molecule is O=C(c1cscn1)N1CCN2C[C@H](OCc3ccccn3)C[C@@H]2C1. The average Bonchev–Trinajstić information content (AvgIpc) is 3.29. The topological polar surface area (TPSA) is 58.6 Å². The van der Waals surface area contributed by atoms with Gasteiger partial charge in [-0.15, -0.1) is 11.3 Å². The number of rotatable bonds is 4. The zero-order valence-corrected chi connectivity index (χ0v) is 14.2. The first kappa shape index (κ1) is 15.7. The molecule has 2 aromatic rings. The number of aromatic nitrogens is 2. The fourth-order valence-corrected chi connectivity index (χ4v) is 3.99. The summed E-state index contributed by atoms with van der Waals surface area (Å²) in [6, 6.07) is 6.25. The molecule has 0 aliphatic carbocycles. The number of nitrogens with zero attached hydrogens (tertiary/aromatic N) is 4. The van der Waals surface area contributed by atoms with Gasteiger partial charge < -0.3 is 9.64 Å². The zero-order valence-electron chi connectivity index (χ0n) is 13.4. The molecule has 2 aromatic heterocycles. The maximum atomic E-state index is 12.5. The normalized spacial score (nSPS) is 24.1. The van der Waals surface area contributed by atoms with Crippen molar-refractivity contribution in [2.45, 2.75) is 25.2 Å². The number of carbonyl (C=O) groups excluding carboxylic acids is 1. The van der Waals surface area contributed by atoms with Crippen LogP contribution < -0.4 is 0 Å². The molecule has 2 aliphatic rings. The lowest BCUT2D eigenvalue weighted by atomic mass is 10.1. The molecule has 2 atom stereocenters. The van der Waals surface area contributed by atoms with Crippen LogP contribution in [0.5, 0.6) is 0 Å². The van der Waals surface area contributed by atoms with E-state index < -0.39 is 0 Å². The molecule has 1 amide bonds. The lowest BCUT2D eigenvalue weighted by Crippen LogP contribution is -2.52. The standard InChI is InChI=1S/C17H20N4O2S/c22-17(16-11-24-12-19-16)21-6-5-20-9-15(7-14(20)8-21)23-10-13-3-1-2-4-18-13/h1-4,11-12,14-15H,5-10H2/t14-,15-/m1/s1. The van der Waals surface area contributed by atoms with Gasteiger partial charge in [0.15, 0.2) is 0 Å². The zero-order chi connectivity index (χ0) is 16.4. The van der Waals surface area contributed by atoms with E-state index in [1.807, 2.05) is 28.5 Å². The summed E-state index contributed by atoms with van der Waals surface area (Å²) in [5.41, 5.74) is 3.23. The van der Waals surface area contributed by atoms with Gasteiger partial charge >= 0.3 is 0 Å². The first-order chi connectivity index (χ1) is 11.8. The summed E-state index contributed by atoms with van der Waals surface area (Å²) in [7, 11) is 0. The van der Waals surface area contributed by atoms with Crippen LogP contribution in [0.1, 0.15) is 22.6 Å². The molecule has 2 fully saturated rings. The van der Waals surface area contributed by atoms with Gasteiger partial charge in [-0.2, -0.15) is 0 Å². The maximum absolute atomic E-state index is 12.5. The van der Waals surface area contributed by atoms with Crippen LogP contribution in [0.15, 0.2) is 35.3 Å². The van der Waals surface area contributed by atoms with Crippen LogP contribution in [-0.2, 0) is 11.3 Å². The second kappa shape index (κ2) is 6.96. The van der Waals surface area contributed by atoms with E-state index in [9.17, 15) is 4.79 Å². The molecule has 126 valence electrons. The summed E-state index contributed by atoms with van der Waals surface area (Å²) in [5.74, 6) is 0.0498. The Morgan fingerprint density at radius 3 is 3.04 bits per heavy atom. The molecule has 6 nitrogen and oxygen atoms in total. The lowest BCUT2D eigenvalue weighted by Gasteiger charge is -2.36. The fraction of sp³-hybridized carbons (Fsp3) is 0.471. The van der Waals surface area contributed by atoms with E-state index in [-0.39, 0.29) is 12.0 Å². The minimum atomic E-state index is 0.0498. The van der Waals surface area contributed by atoms with Gasteiger partial charge in [-0.3, -0.25) is 14.7 Å². The van der Waals surface area contributed by atoms with Gasteiger partial charge in [-0.25, -0.2) is 4.98 Å². The van der Waals surface area contributed by atoms with Crippen LogP contribution in [0.3, 0.4) is 0 Å². The number of hydrogen-bond donors (Lipinski definition) is 0. The number of amides is 1. The predicted octanol–water partition coefficient (Wildman–Crippen LogP) is 1.65. The monoisotopic (exact) mass is 344 g/mol. The van der Waals surface area contributed by atoms with Crippen molar-refractivity contribution in [3.63, 3.8) is 0 Å². The summed E-state index contributed by atoms with van der Waals surface area (Å²) in [6.45, 7) is 3.92. The minimum Gasteiger partial charge on any atom is -0.371 e. The Balaban J connectivity index is 1.32. The second-order valence-corrected chi connectivity index (χ2v) is 6.98. The highest BCUT2D eigenvalue weighted by Gasteiger charge is 2.38. The van der Waals surface area contributed by atoms with E-state index in [2.05, 4.69) is 14.9 Å². The van der Waals surface area contributed by atoms with Gasteiger partial charge in [0.05, 0.1) is 23.9 Å². The summed E-state index contributed by atoms with van der Waals surface area (Å²) in [6.07, 6.45) is 2.97. The lowest BCUT2D eigenvalue weighted by molar-refractivity contribution is 0.0434. The largest absolute Gasteiger partial charge is 0.371 e. The smallest absolute Gasteiger partial charge is 0.273 e. The van der Waals surface area contributed by atoms with Gasteiger partial charge in [-0.05, 0) is 18.6 Å². The van der Waals surface area contributed by atoms with E-state index in [1.165, 1.54) is 11.3 Å². The fourth-order valence-electron chi connectivity index (χ4n) is 3.47. The third kappa shape index (κ3) is 3.33. The minimum absolute atomic E-state index is 0.0498. The van der Waals surface area contributed by atoms with Crippen LogP contribution in [-0.4, -0.2) is 64.0 Å². The number of hydrogen-bond acceptors (Lipinski definition) is 6. The highest BCUT2D eigenvalue weighted by molar-refractivity contribution is 7.07. The number of pyridine rings is 1. The Morgan fingerprint density at radius 1 is 1.29 bits per heavy atom. The number of carbonyl (C=O) groups is 1. The molecule has 0 N–H and O–H groups in total. The molecule has 0 radical (unpaired) electrons. The first-order valence-corrected chi connectivity index (χ1v) is 9.17. The molecule has 0 bridgehead atoms. The van der Waals surface area contributed by atoms with Crippen molar-refractivity contribution in [3.05, 3.63) is 46.7 Å². The third-order valence-corrected chi connectivity index (χ3v) is 5.30. The van der Waals surface area contributed by atoms with Crippen molar-refractivity contribution in [2.75, 3.05) is 26.2 Å². The molecule has 7 heteroatoms. The summed E-state index contributed by atoms with van der Waals surface area (Å²) in [5, 5.41) is 1.82. The summed E-state index contributed by atoms with van der Waals surface area (Å²) >= 11 is 1.46.